The molecule has 0 fully saturated rings. The van der Waals surface area contributed by atoms with Crippen LogP contribution in [-0.2, 0) is 6.42 Å². The predicted molar refractivity (Wildman–Crippen MR) is 108 cm³/mol. The summed E-state index contributed by atoms with van der Waals surface area (Å²) >= 11 is 0. The SMILES string of the molecule is Cc1ccc2[nH]c(-c3nc(CCN(C)C(=O)c4cccc(F)c4)no3)c(C)c2c1. The number of halogens is 1. The van der Waals surface area contributed by atoms with Gasteiger partial charge in [0.2, 0.25) is 0 Å². The Kier molecular flexibility index (Phi) is 4.88. The fraction of sp³-hybridized carbons (Fsp3) is 0.227. The summed E-state index contributed by atoms with van der Waals surface area (Å²) in [6, 6.07) is 11.9. The van der Waals surface area contributed by atoms with Crippen LogP contribution in [0.25, 0.3) is 22.5 Å². The molecule has 0 saturated heterocycles. The third-order valence-electron chi connectivity index (χ3n) is 4.98. The summed E-state index contributed by atoms with van der Waals surface area (Å²) in [5.74, 6) is 0.240. The van der Waals surface area contributed by atoms with E-state index in [0.29, 0.717) is 30.2 Å². The van der Waals surface area contributed by atoms with Crippen LogP contribution >= 0.6 is 0 Å². The van der Waals surface area contributed by atoms with E-state index in [0.717, 1.165) is 22.2 Å². The van der Waals surface area contributed by atoms with Crippen LogP contribution in [0.5, 0.6) is 0 Å². The van der Waals surface area contributed by atoms with Crippen LogP contribution in [0.4, 0.5) is 4.39 Å². The lowest BCUT2D eigenvalue weighted by Crippen LogP contribution is -2.29. The molecule has 7 heteroatoms. The van der Waals surface area contributed by atoms with Crippen LogP contribution in [0.2, 0.25) is 0 Å². The zero-order chi connectivity index (χ0) is 20.5. The van der Waals surface area contributed by atoms with Gasteiger partial charge in [0.1, 0.15) is 11.5 Å². The van der Waals surface area contributed by atoms with Crippen LogP contribution < -0.4 is 0 Å². The minimum absolute atomic E-state index is 0.255. The van der Waals surface area contributed by atoms with E-state index in [-0.39, 0.29) is 5.91 Å². The minimum atomic E-state index is -0.434. The number of likely N-dealkylation sites (N-methyl/N-ethyl adjacent to an activating group) is 1. The largest absolute Gasteiger partial charge is 0.350 e. The van der Waals surface area contributed by atoms with E-state index in [9.17, 15) is 9.18 Å². The van der Waals surface area contributed by atoms with Crippen molar-refractivity contribution >= 4 is 16.8 Å². The van der Waals surface area contributed by atoms with Gasteiger partial charge in [-0.05, 0) is 49.7 Å². The van der Waals surface area contributed by atoms with Gasteiger partial charge in [-0.3, -0.25) is 4.79 Å². The molecule has 4 rings (SSSR count). The second-order valence-electron chi connectivity index (χ2n) is 7.18. The number of aromatic nitrogens is 3. The lowest BCUT2D eigenvalue weighted by atomic mass is 10.1. The third kappa shape index (κ3) is 3.76. The van der Waals surface area contributed by atoms with Crippen molar-refractivity contribution in [3.63, 3.8) is 0 Å². The van der Waals surface area contributed by atoms with Crippen molar-refractivity contribution in [2.75, 3.05) is 13.6 Å². The highest BCUT2D eigenvalue weighted by Crippen LogP contribution is 2.29. The Hall–Kier alpha value is -3.48. The summed E-state index contributed by atoms with van der Waals surface area (Å²) in [7, 11) is 1.67. The van der Waals surface area contributed by atoms with Crippen molar-refractivity contribution in [1.29, 1.82) is 0 Å². The van der Waals surface area contributed by atoms with Gasteiger partial charge in [-0.15, -0.1) is 0 Å². The van der Waals surface area contributed by atoms with Gasteiger partial charge in [0.15, 0.2) is 5.82 Å². The number of amides is 1. The average Bonchev–Trinajstić information content (AvgIpc) is 3.30. The van der Waals surface area contributed by atoms with Crippen molar-refractivity contribution in [1.82, 2.24) is 20.0 Å². The predicted octanol–water partition coefficient (Wildman–Crippen LogP) is 4.29. The first-order valence-corrected chi connectivity index (χ1v) is 9.35. The molecule has 2 aromatic carbocycles. The highest BCUT2D eigenvalue weighted by atomic mass is 19.1. The second kappa shape index (κ2) is 7.50. The van der Waals surface area contributed by atoms with E-state index in [1.54, 1.807) is 13.1 Å². The topological polar surface area (TPSA) is 75.0 Å². The molecule has 1 amide bonds. The number of nitrogens with one attached hydrogen (secondary N) is 1. The summed E-state index contributed by atoms with van der Waals surface area (Å²) in [6.07, 6.45) is 0.430. The van der Waals surface area contributed by atoms with E-state index in [1.807, 2.05) is 19.1 Å². The Bertz CT molecular complexity index is 1190. The number of carbonyl (C=O) groups excluding carboxylic acids is 1. The van der Waals surface area contributed by atoms with Gasteiger partial charge < -0.3 is 14.4 Å². The number of fused-ring (bicyclic) bond motifs is 1. The molecule has 2 heterocycles. The van der Waals surface area contributed by atoms with Crippen LogP contribution in [0.1, 0.15) is 27.3 Å². The van der Waals surface area contributed by atoms with Gasteiger partial charge in [-0.2, -0.15) is 4.98 Å². The molecule has 148 valence electrons. The summed E-state index contributed by atoms with van der Waals surface area (Å²) < 4.78 is 18.8. The monoisotopic (exact) mass is 392 g/mol. The van der Waals surface area contributed by atoms with Crippen LogP contribution in [0, 0.1) is 19.7 Å². The fourth-order valence-corrected chi connectivity index (χ4v) is 3.32. The maximum Gasteiger partial charge on any atom is 0.274 e. The molecule has 0 aliphatic rings. The average molecular weight is 392 g/mol. The number of benzene rings is 2. The first kappa shape index (κ1) is 18.9. The zero-order valence-corrected chi connectivity index (χ0v) is 16.5. The maximum absolute atomic E-state index is 13.3. The van der Waals surface area contributed by atoms with Gasteiger partial charge in [-0.25, -0.2) is 4.39 Å². The van der Waals surface area contributed by atoms with Gasteiger partial charge in [0.05, 0.1) is 0 Å². The van der Waals surface area contributed by atoms with Crippen molar-refractivity contribution in [3.05, 3.63) is 70.8 Å². The number of carbonyl (C=O) groups is 1. The number of aromatic amines is 1. The van der Waals surface area contributed by atoms with Crippen molar-refractivity contribution in [2.45, 2.75) is 20.3 Å². The van der Waals surface area contributed by atoms with Crippen LogP contribution in [0.3, 0.4) is 0 Å². The Morgan fingerprint density at radius 1 is 1.21 bits per heavy atom. The van der Waals surface area contributed by atoms with E-state index in [4.69, 9.17) is 4.52 Å². The Morgan fingerprint density at radius 2 is 2.03 bits per heavy atom. The van der Waals surface area contributed by atoms with Crippen LogP contribution in [0.15, 0.2) is 47.0 Å². The number of nitrogens with zero attached hydrogens (tertiary/aromatic N) is 3. The fourth-order valence-electron chi connectivity index (χ4n) is 3.32. The highest BCUT2D eigenvalue weighted by Gasteiger charge is 2.17. The quantitative estimate of drug-likeness (QED) is 0.550. The Morgan fingerprint density at radius 3 is 2.83 bits per heavy atom. The summed E-state index contributed by atoms with van der Waals surface area (Å²) in [4.78, 5) is 21.7. The molecule has 0 radical (unpaired) electrons. The second-order valence-corrected chi connectivity index (χ2v) is 7.18. The Labute approximate surface area is 167 Å². The first-order valence-electron chi connectivity index (χ1n) is 9.35. The molecule has 0 atom stereocenters. The number of H-pyrrole nitrogens is 1. The molecule has 0 unspecified atom stereocenters. The Balaban J connectivity index is 1.47. The van der Waals surface area contributed by atoms with Crippen molar-refractivity contribution in [3.8, 4) is 11.6 Å². The summed E-state index contributed by atoms with van der Waals surface area (Å²) in [5.41, 5.74) is 4.36. The smallest absolute Gasteiger partial charge is 0.274 e. The molecule has 0 aliphatic heterocycles. The van der Waals surface area contributed by atoms with Gasteiger partial charge in [-0.1, -0.05) is 22.9 Å². The number of rotatable bonds is 5. The van der Waals surface area contributed by atoms with E-state index in [2.05, 4.69) is 28.1 Å². The maximum atomic E-state index is 13.3. The third-order valence-corrected chi connectivity index (χ3v) is 4.98. The van der Waals surface area contributed by atoms with Crippen molar-refractivity contribution in [2.24, 2.45) is 0 Å². The highest BCUT2D eigenvalue weighted by molar-refractivity contribution is 5.94. The molecule has 0 bridgehead atoms. The van der Waals surface area contributed by atoms with Crippen LogP contribution in [-0.4, -0.2) is 39.5 Å². The molecular formula is C22H21FN4O2. The summed E-state index contributed by atoms with van der Waals surface area (Å²) in [6.45, 7) is 4.46. The minimum Gasteiger partial charge on any atom is -0.350 e. The van der Waals surface area contributed by atoms with E-state index < -0.39 is 5.82 Å². The lowest BCUT2D eigenvalue weighted by Gasteiger charge is -2.16. The molecule has 2 aromatic heterocycles. The lowest BCUT2D eigenvalue weighted by molar-refractivity contribution is 0.0795. The van der Waals surface area contributed by atoms with Gasteiger partial charge >= 0.3 is 0 Å². The molecule has 6 nitrogen and oxygen atoms in total. The zero-order valence-electron chi connectivity index (χ0n) is 16.5. The normalized spacial score (nSPS) is 11.2. The van der Waals surface area contributed by atoms with Crippen molar-refractivity contribution < 1.29 is 13.7 Å². The standard InChI is InChI=1S/C22H21FN4O2/c1-13-7-8-18-17(11-13)14(2)20(24-18)21-25-19(26-29-21)9-10-27(3)22(28)15-5-4-6-16(23)12-15/h4-8,11-12,24H,9-10H2,1-3H3. The molecule has 0 aliphatic carbocycles. The molecule has 4 aromatic rings. The molecule has 1 N–H and O–H groups in total. The number of hydrogen-bond acceptors (Lipinski definition) is 4. The number of aryl methyl sites for hydroxylation is 2. The summed E-state index contributed by atoms with van der Waals surface area (Å²) in [5, 5.41) is 5.16. The number of hydrogen-bond donors (Lipinski definition) is 1. The molecular weight excluding hydrogens is 371 g/mol. The first-order chi connectivity index (χ1) is 13.9. The molecule has 0 saturated carbocycles. The van der Waals surface area contributed by atoms with E-state index in [1.165, 1.54) is 28.7 Å². The van der Waals surface area contributed by atoms with Gasteiger partial charge in [0.25, 0.3) is 11.8 Å². The van der Waals surface area contributed by atoms with E-state index >= 15 is 0 Å². The molecule has 0 spiro atoms. The molecule has 29 heavy (non-hydrogen) atoms. The van der Waals surface area contributed by atoms with Gasteiger partial charge in [0, 0.05) is 36.5 Å².